The average Bonchev–Trinajstić information content (AvgIpc) is 3.54. The first kappa shape index (κ1) is 23.9. The maximum absolute atomic E-state index is 14.7. The largest absolute Gasteiger partial charge is 0.427 e. The fraction of sp³-hybridized carbons (Fsp3) is 0.583. The van der Waals surface area contributed by atoms with E-state index in [-0.39, 0.29) is 17.1 Å². The highest BCUT2D eigenvalue weighted by molar-refractivity contribution is 6.03. The number of hydrogen-bond donors (Lipinski definition) is 1. The first-order chi connectivity index (χ1) is 16.7. The van der Waals surface area contributed by atoms with Crippen LogP contribution in [-0.4, -0.2) is 56.5 Å². The second-order valence-electron chi connectivity index (χ2n) is 9.70. The molecule has 0 saturated carbocycles. The number of carbonyl (C=O) groups is 1. The third-order valence-corrected chi connectivity index (χ3v) is 7.06. The normalized spacial score (nSPS) is 22.9. The summed E-state index contributed by atoms with van der Waals surface area (Å²) in [6.07, 6.45) is -1.25. The molecule has 0 radical (unpaired) electrons. The summed E-state index contributed by atoms with van der Waals surface area (Å²) in [5.74, 6) is -1.93. The average molecular weight is 497 g/mol. The van der Waals surface area contributed by atoms with Gasteiger partial charge >= 0.3 is 6.18 Å². The molecule has 1 aromatic carbocycles. The number of carbonyl (C=O) groups excluding carboxylic acids is 1. The summed E-state index contributed by atoms with van der Waals surface area (Å²) in [6.45, 7) is 3.86. The maximum Gasteiger partial charge on any atom is 0.396 e. The van der Waals surface area contributed by atoms with Gasteiger partial charge in [-0.15, -0.1) is 0 Å². The van der Waals surface area contributed by atoms with Crippen LogP contribution in [0.25, 0.3) is 0 Å². The Morgan fingerprint density at radius 3 is 2.60 bits per heavy atom. The van der Waals surface area contributed by atoms with Gasteiger partial charge in [0.15, 0.2) is 5.69 Å². The number of oxazole rings is 1. The van der Waals surface area contributed by atoms with Gasteiger partial charge in [0, 0.05) is 43.9 Å². The topological polar surface area (TPSA) is 70.8 Å². The number of piperidine rings is 1. The van der Waals surface area contributed by atoms with Crippen molar-refractivity contribution in [1.29, 1.82) is 0 Å². The Morgan fingerprint density at radius 1 is 1.11 bits per heavy atom. The molecule has 2 aromatic rings. The van der Waals surface area contributed by atoms with E-state index in [1.165, 1.54) is 6.07 Å². The molecule has 3 aliphatic heterocycles. The zero-order valence-electron chi connectivity index (χ0n) is 19.3. The number of rotatable bonds is 5. The molecule has 1 unspecified atom stereocenters. The van der Waals surface area contributed by atoms with Gasteiger partial charge in [-0.2, -0.15) is 18.2 Å². The van der Waals surface area contributed by atoms with Crippen molar-refractivity contribution in [2.24, 2.45) is 5.41 Å². The van der Waals surface area contributed by atoms with Gasteiger partial charge in [0.2, 0.25) is 0 Å². The van der Waals surface area contributed by atoms with Crippen molar-refractivity contribution in [2.45, 2.75) is 44.7 Å². The smallest absolute Gasteiger partial charge is 0.396 e. The lowest BCUT2D eigenvalue weighted by Crippen LogP contribution is -2.30. The maximum atomic E-state index is 14.7. The predicted octanol–water partition coefficient (Wildman–Crippen LogP) is 4.78. The van der Waals surface area contributed by atoms with E-state index in [1.54, 1.807) is 17.0 Å². The summed E-state index contributed by atoms with van der Waals surface area (Å²) < 4.78 is 65.3. The Labute approximate surface area is 200 Å². The van der Waals surface area contributed by atoms with Gasteiger partial charge in [-0.25, -0.2) is 4.39 Å². The van der Waals surface area contributed by atoms with Crippen LogP contribution in [0.5, 0.6) is 0 Å². The fourth-order valence-electron chi connectivity index (χ4n) is 5.19. The SMILES string of the molecule is O=C(Nc1ccc(N2CCCCC2)c(F)c1)c1nc(N2CCC3(CCOC3)C2)oc1CC(F)(F)F. The highest BCUT2D eigenvalue weighted by atomic mass is 19.4. The number of amides is 1. The van der Waals surface area contributed by atoms with Gasteiger partial charge in [-0.05, 0) is 50.3 Å². The molecule has 4 heterocycles. The summed E-state index contributed by atoms with van der Waals surface area (Å²) in [5.41, 5.74) is 0.0813. The van der Waals surface area contributed by atoms with Crippen LogP contribution in [0.2, 0.25) is 0 Å². The molecule has 1 aromatic heterocycles. The monoisotopic (exact) mass is 496 g/mol. The highest BCUT2D eigenvalue weighted by Crippen LogP contribution is 2.40. The Kier molecular flexibility index (Phi) is 6.37. The van der Waals surface area contributed by atoms with E-state index >= 15 is 0 Å². The third kappa shape index (κ3) is 5.24. The number of ether oxygens (including phenoxy) is 1. The van der Waals surface area contributed by atoms with E-state index in [2.05, 4.69) is 10.3 Å². The number of halogens is 4. The number of hydrogen-bond acceptors (Lipinski definition) is 6. The second-order valence-corrected chi connectivity index (χ2v) is 9.70. The van der Waals surface area contributed by atoms with Gasteiger partial charge in [-0.1, -0.05) is 0 Å². The van der Waals surface area contributed by atoms with E-state index in [0.29, 0.717) is 32.0 Å². The van der Waals surface area contributed by atoms with Crippen molar-refractivity contribution in [2.75, 3.05) is 54.5 Å². The van der Waals surface area contributed by atoms with Gasteiger partial charge < -0.3 is 24.3 Å². The molecule has 3 saturated heterocycles. The van der Waals surface area contributed by atoms with Crippen molar-refractivity contribution < 1.29 is 31.5 Å². The molecule has 11 heteroatoms. The van der Waals surface area contributed by atoms with Crippen molar-refractivity contribution in [3.63, 3.8) is 0 Å². The first-order valence-electron chi connectivity index (χ1n) is 12.0. The van der Waals surface area contributed by atoms with Gasteiger partial charge in [0.1, 0.15) is 18.0 Å². The molecule has 1 N–H and O–H groups in total. The Balaban J connectivity index is 1.35. The van der Waals surface area contributed by atoms with E-state index in [1.807, 2.05) is 4.90 Å². The Bertz CT molecular complexity index is 1080. The van der Waals surface area contributed by atoms with Crippen molar-refractivity contribution in [3.05, 3.63) is 35.5 Å². The zero-order chi connectivity index (χ0) is 24.6. The molecule has 1 amide bonds. The van der Waals surface area contributed by atoms with Crippen LogP contribution < -0.4 is 15.1 Å². The summed E-state index contributed by atoms with van der Waals surface area (Å²) in [5, 5.41) is 2.48. The van der Waals surface area contributed by atoms with E-state index in [9.17, 15) is 22.4 Å². The van der Waals surface area contributed by atoms with Gasteiger partial charge in [0.05, 0.1) is 12.3 Å². The van der Waals surface area contributed by atoms with E-state index in [0.717, 1.165) is 45.2 Å². The first-order valence-corrected chi connectivity index (χ1v) is 12.0. The van der Waals surface area contributed by atoms with Crippen molar-refractivity contribution >= 4 is 23.3 Å². The summed E-state index contributed by atoms with van der Waals surface area (Å²) >= 11 is 0. The third-order valence-electron chi connectivity index (χ3n) is 7.06. The molecule has 0 bridgehead atoms. The summed E-state index contributed by atoms with van der Waals surface area (Å²) in [4.78, 5) is 20.8. The number of anilines is 3. The van der Waals surface area contributed by atoms with Crippen LogP contribution in [-0.2, 0) is 11.2 Å². The summed E-state index contributed by atoms with van der Waals surface area (Å²) in [7, 11) is 0. The molecule has 1 atom stereocenters. The second kappa shape index (κ2) is 9.33. The van der Waals surface area contributed by atoms with Crippen LogP contribution in [0, 0.1) is 11.2 Å². The number of benzene rings is 1. The van der Waals surface area contributed by atoms with Crippen LogP contribution in [0.4, 0.5) is 35.0 Å². The number of nitrogens with one attached hydrogen (secondary N) is 1. The predicted molar refractivity (Wildman–Crippen MR) is 121 cm³/mol. The number of alkyl halides is 3. The minimum absolute atomic E-state index is 0.00944. The molecule has 190 valence electrons. The summed E-state index contributed by atoms with van der Waals surface area (Å²) in [6, 6.07) is 4.29. The molecule has 5 rings (SSSR count). The zero-order valence-corrected chi connectivity index (χ0v) is 19.3. The van der Waals surface area contributed by atoms with Crippen LogP contribution in [0.15, 0.2) is 22.6 Å². The molecule has 3 fully saturated rings. The lowest BCUT2D eigenvalue weighted by Gasteiger charge is -2.29. The standard InChI is InChI=1S/C24H28F4N4O3/c25-17-12-16(4-5-18(17)31-8-2-1-3-9-31)29-21(33)20-19(13-24(26,27)28)35-22(30-20)32-10-6-23(14-32)7-11-34-15-23/h4-5,12H,1-3,6-11,13-15H2,(H,29,33). The van der Waals surface area contributed by atoms with Crippen molar-refractivity contribution in [3.8, 4) is 0 Å². The molecule has 0 aliphatic carbocycles. The van der Waals surface area contributed by atoms with Crippen LogP contribution >= 0.6 is 0 Å². The minimum atomic E-state index is -4.58. The lowest BCUT2D eigenvalue weighted by atomic mass is 9.87. The number of nitrogens with zero attached hydrogens (tertiary/aromatic N) is 3. The van der Waals surface area contributed by atoms with Crippen LogP contribution in [0.3, 0.4) is 0 Å². The van der Waals surface area contributed by atoms with Crippen molar-refractivity contribution in [1.82, 2.24) is 4.98 Å². The molecule has 1 spiro atoms. The Hall–Kier alpha value is -2.82. The lowest BCUT2D eigenvalue weighted by molar-refractivity contribution is -0.130. The van der Waals surface area contributed by atoms with E-state index < -0.39 is 35.8 Å². The fourth-order valence-corrected chi connectivity index (χ4v) is 5.19. The number of aromatic nitrogens is 1. The minimum Gasteiger partial charge on any atom is -0.427 e. The quantitative estimate of drug-likeness (QED) is 0.601. The molecular weight excluding hydrogens is 468 g/mol. The van der Waals surface area contributed by atoms with E-state index in [4.69, 9.17) is 9.15 Å². The molecule has 7 nitrogen and oxygen atoms in total. The molecular formula is C24H28F4N4O3. The van der Waals surface area contributed by atoms with Gasteiger partial charge in [0.25, 0.3) is 11.9 Å². The molecule has 35 heavy (non-hydrogen) atoms. The van der Waals surface area contributed by atoms with Gasteiger partial charge in [-0.3, -0.25) is 4.79 Å². The Morgan fingerprint density at radius 2 is 1.91 bits per heavy atom. The highest BCUT2D eigenvalue weighted by Gasteiger charge is 2.43. The van der Waals surface area contributed by atoms with Crippen LogP contribution in [0.1, 0.15) is 48.4 Å². The molecule has 3 aliphatic rings.